The molecular weight excluding hydrogens is 410 g/mol. The molecule has 1 aliphatic rings. The molecule has 0 aromatic carbocycles. The van der Waals surface area contributed by atoms with Gasteiger partial charge in [-0.2, -0.15) is 0 Å². The van der Waals surface area contributed by atoms with E-state index in [1.807, 2.05) is 6.92 Å². The van der Waals surface area contributed by atoms with Crippen molar-refractivity contribution in [1.29, 1.82) is 0 Å². The molecule has 0 saturated carbocycles. The number of aldehydes is 1. The van der Waals surface area contributed by atoms with Crippen LogP contribution in [0.3, 0.4) is 0 Å². The van der Waals surface area contributed by atoms with E-state index in [4.69, 9.17) is 10.8 Å². The minimum absolute atomic E-state index is 0.242. The molecule has 1 saturated heterocycles. The first kappa shape index (κ1) is 26.2. The zero-order chi connectivity index (χ0) is 23.8. The number of ketones is 1. The molecule has 0 spiro atoms. The Hall–Kier alpha value is -2.82. The van der Waals surface area contributed by atoms with Gasteiger partial charge in [-0.1, -0.05) is 20.3 Å². The largest absolute Gasteiger partial charge is 0.481 e. The van der Waals surface area contributed by atoms with Crippen LogP contribution in [-0.4, -0.2) is 75.1 Å². The first-order chi connectivity index (χ1) is 14.5. The molecule has 0 aromatic heterocycles. The molecule has 1 aliphatic heterocycles. The van der Waals surface area contributed by atoms with Crippen LogP contribution in [0.1, 0.15) is 58.8 Å². The Morgan fingerprint density at radius 2 is 1.90 bits per heavy atom. The predicted octanol–water partition coefficient (Wildman–Crippen LogP) is -0.297. The number of amides is 2. The Bertz CT molecular complexity index is 725. The molecule has 11 heteroatoms. The van der Waals surface area contributed by atoms with E-state index in [2.05, 4.69) is 5.32 Å². The van der Waals surface area contributed by atoms with Crippen molar-refractivity contribution in [2.24, 2.45) is 11.7 Å². The highest BCUT2D eigenvalue weighted by atomic mass is 16.4. The Morgan fingerprint density at radius 1 is 1.26 bits per heavy atom. The fourth-order valence-electron chi connectivity index (χ4n) is 3.73. The van der Waals surface area contributed by atoms with Crippen molar-refractivity contribution < 1.29 is 39.0 Å². The summed E-state index contributed by atoms with van der Waals surface area (Å²) in [5.41, 5.74) is 3.69. The van der Waals surface area contributed by atoms with Crippen molar-refractivity contribution in [3.05, 3.63) is 0 Å². The number of carbonyl (C=O) groups excluding carboxylic acids is 4. The Kier molecular flexibility index (Phi) is 9.76. The number of nitrogens with two attached hydrogens (primary N) is 1. The summed E-state index contributed by atoms with van der Waals surface area (Å²) in [5.74, 6) is -5.17. The van der Waals surface area contributed by atoms with Crippen molar-refractivity contribution in [3.8, 4) is 0 Å². The lowest BCUT2D eigenvalue weighted by atomic mass is 9.82. The summed E-state index contributed by atoms with van der Waals surface area (Å²) >= 11 is 0. The van der Waals surface area contributed by atoms with Gasteiger partial charge in [-0.05, 0) is 25.7 Å². The normalized spacial score (nSPS) is 19.7. The lowest BCUT2D eigenvalue weighted by Gasteiger charge is -2.29. The molecule has 174 valence electrons. The van der Waals surface area contributed by atoms with E-state index in [9.17, 15) is 33.9 Å². The average molecular weight is 441 g/mol. The van der Waals surface area contributed by atoms with E-state index in [0.717, 1.165) is 0 Å². The SMILES string of the molecule is CCCC(C)C(=O)C(N)(CCC(=O)N1CCCC1C(=O)N[C@H](C=O)CC(=O)O)C(=O)O. The standard InChI is InChI=1S/C20H31N3O8/c1-3-5-12(2)17(28)20(21,19(30)31)8-7-15(25)23-9-4-6-14(23)18(29)22-13(11-24)10-16(26)27/h11-14H,3-10,21H2,1-2H3,(H,22,29)(H,26,27)(H,30,31)/t12?,13-,14?,20?/m0/s1. The summed E-state index contributed by atoms with van der Waals surface area (Å²) < 4.78 is 0. The van der Waals surface area contributed by atoms with Crippen LogP contribution >= 0.6 is 0 Å². The number of carbonyl (C=O) groups is 6. The molecule has 31 heavy (non-hydrogen) atoms. The van der Waals surface area contributed by atoms with Gasteiger partial charge in [0.25, 0.3) is 0 Å². The monoisotopic (exact) mass is 441 g/mol. The zero-order valence-electron chi connectivity index (χ0n) is 17.8. The van der Waals surface area contributed by atoms with E-state index in [0.29, 0.717) is 32.0 Å². The number of aliphatic carboxylic acids is 2. The summed E-state index contributed by atoms with van der Waals surface area (Å²) in [6.07, 6.45) is 0.951. The number of hydrogen-bond acceptors (Lipinski definition) is 7. The molecule has 5 N–H and O–H groups in total. The molecular formula is C20H31N3O8. The van der Waals surface area contributed by atoms with Gasteiger partial charge in [0.2, 0.25) is 11.8 Å². The van der Waals surface area contributed by atoms with Crippen molar-refractivity contribution in [1.82, 2.24) is 10.2 Å². The van der Waals surface area contributed by atoms with Crippen LogP contribution in [0.4, 0.5) is 0 Å². The number of nitrogens with zero attached hydrogens (tertiary/aromatic N) is 1. The smallest absolute Gasteiger partial charge is 0.331 e. The number of hydrogen-bond donors (Lipinski definition) is 4. The van der Waals surface area contributed by atoms with Crippen molar-refractivity contribution in [2.45, 2.75) is 76.4 Å². The summed E-state index contributed by atoms with van der Waals surface area (Å²) in [5, 5.41) is 20.6. The van der Waals surface area contributed by atoms with E-state index in [1.165, 1.54) is 4.90 Å². The maximum Gasteiger partial charge on any atom is 0.331 e. The van der Waals surface area contributed by atoms with Gasteiger partial charge < -0.3 is 31.0 Å². The molecule has 11 nitrogen and oxygen atoms in total. The van der Waals surface area contributed by atoms with Crippen molar-refractivity contribution in [3.63, 3.8) is 0 Å². The van der Waals surface area contributed by atoms with Gasteiger partial charge >= 0.3 is 11.9 Å². The Labute approximate surface area is 180 Å². The zero-order valence-corrected chi connectivity index (χ0v) is 17.8. The second-order valence-electron chi connectivity index (χ2n) is 7.92. The number of likely N-dealkylation sites (tertiary alicyclic amines) is 1. The van der Waals surface area contributed by atoms with Crippen LogP contribution in [0.25, 0.3) is 0 Å². The molecule has 1 fully saturated rings. The third kappa shape index (κ3) is 6.84. The van der Waals surface area contributed by atoms with E-state index in [1.54, 1.807) is 6.92 Å². The molecule has 2 amide bonds. The number of nitrogens with one attached hydrogen (secondary N) is 1. The molecule has 1 heterocycles. The second kappa shape index (κ2) is 11.5. The quantitative estimate of drug-likeness (QED) is 0.220. The molecule has 4 atom stereocenters. The van der Waals surface area contributed by atoms with Gasteiger partial charge in [0.05, 0.1) is 12.5 Å². The summed E-state index contributed by atoms with van der Waals surface area (Å²) in [6.45, 7) is 3.70. The van der Waals surface area contributed by atoms with Crippen LogP contribution in [0, 0.1) is 5.92 Å². The highest BCUT2D eigenvalue weighted by Crippen LogP contribution is 2.23. The average Bonchev–Trinajstić information content (AvgIpc) is 3.20. The minimum atomic E-state index is -2.20. The second-order valence-corrected chi connectivity index (χ2v) is 7.92. The number of rotatable bonds is 13. The fraction of sp³-hybridized carbons (Fsp3) is 0.700. The number of Topliss-reactive ketones (excluding diaryl/α,β-unsaturated/α-hetero) is 1. The fourth-order valence-corrected chi connectivity index (χ4v) is 3.73. The van der Waals surface area contributed by atoms with Crippen LogP contribution in [-0.2, 0) is 28.8 Å². The first-order valence-electron chi connectivity index (χ1n) is 10.3. The lowest BCUT2D eigenvalue weighted by molar-refractivity contribution is -0.150. The minimum Gasteiger partial charge on any atom is -0.481 e. The van der Waals surface area contributed by atoms with Gasteiger partial charge in [0.1, 0.15) is 12.3 Å². The maximum absolute atomic E-state index is 12.7. The summed E-state index contributed by atoms with van der Waals surface area (Å²) in [7, 11) is 0. The van der Waals surface area contributed by atoms with Crippen molar-refractivity contribution in [2.75, 3.05) is 6.54 Å². The first-order valence-corrected chi connectivity index (χ1v) is 10.3. The van der Waals surface area contributed by atoms with Gasteiger partial charge in [-0.15, -0.1) is 0 Å². The third-order valence-corrected chi connectivity index (χ3v) is 5.49. The van der Waals surface area contributed by atoms with Gasteiger partial charge in [-0.3, -0.25) is 19.2 Å². The van der Waals surface area contributed by atoms with Crippen LogP contribution < -0.4 is 11.1 Å². The molecule has 3 unspecified atom stereocenters. The van der Waals surface area contributed by atoms with E-state index < -0.39 is 65.9 Å². The number of carboxylic acid groups (broad SMARTS) is 2. The molecule has 0 aliphatic carbocycles. The Morgan fingerprint density at radius 3 is 2.42 bits per heavy atom. The molecule has 1 rings (SSSR count). The molecule has 0 aromatic rings. The van der Waals surface area contributed by atoms with E-state index >= 15 is 0 Å². The van der Waals surface area contributed by atoms with Crippen LogP contribution in [0.5, 0.6) is 0 Å². The van der Waals surface area contributed by atoms with Gasteiger partial charge in [-0.25, -0.2) is 4.79 Å². The summed E-state index contributed by atoms with van der Waals surface area (Å²) in [4.78, 5) is 72.4. The van der Waals surface area contributed by atoms with Crippen LogP contribution in [0.2, 0.25) is 0 Å². The van der Waals surface area contributed by atoms with E-state index in [-0.39, 0.29) is 13.0 Å². The predicted molar refractivity (Wildman–Crippen MR) is 108 cm³/mol. The number of carboxylic acids is 2. The van der Waals surface area contributed by atoms with Gasteiger partial charge in [0, 0.05) is 18.9 Å². The highest BCUT2D eigenvalue weighted by Gasteiger charge is 2.45. The lowest BCUT2D eigenvalue weighted by Crippen LogP contribution is -2.57. The Balaban J connectivity index is 2.83. The van der Waals surface area contributed by atoms with Crippen LogP contribution in [0.15, 0.2) is 0 Å². The summed E-state index contributed by atoms with van der Waals surface area (Å²) in [6, 6.07) is -2.13. The topological polar surface area (TPSA) is 184 Å². The molecule has 0 bridgehead atoms. The van der Waals surface area contributed by atoms with Gasteiger partial charge in [0.15, 0.2) is 11.3 Å². The maximum atomic E-state index is 12.7. The third-order valence-electron chi connectivity index (χ3n) is 5.49. The highest BCUT2D eigenvalue weighted by molar-refractivity contribution is 6.08. The van der Waals surface area contributed by atoms with Crippen molar-refractivity contribution >= 4 is 35.8 Å². The molecule has 0 radical (unpaired) electrons.